The lowest BCUT2D eigenvalue weighted by Crippen LogP contribution is -2.42. The van der Waals surface area contributed by atoms with Crippen molar-refractivity contribution >= 4 is 29.0 Å². The predicted octanol–water partition coefficient (Wildman–Crippen LogP) is 7.31. The van der Waals surface area contributed by atoms with E-state index in [1.807, 2.05) is 42.5 Å². The summed E-state index contributed by atoms with van der Waals surface area (Å²) in [7, 11) is 0. The van der Waals surface area contributed by atoms with Crippen molar-refractivity contribution in [2.24, 2.45) is 0 Å². The maximum absolute atomic E-state index is 11.9. The van der Waals surface area contributed by atoms with Crippen LogP contribution in [-0.4, -0.2) is 47.4 Å². The van der Waals surface area contributed by atoms with Crippen LogP contribution in [-0.2, 0) is 11.4 Å². The average Bonchev–Trinajstić information content (AvgIpc) is 3.66. The summed E-state index contributed by atoms with van der Waals surface area (Å²) < 4.78 is 19.5. The third-order valence-electron chi connectivity index (χ3n) is 9.19. The number of carbonyl (C=O) groups is 2. The van der Waals surface area contributed by atoms with Crippen molar-refractivity contribution in [1.29, 1.82) is 0 Å². The minimum Gasteiger partial charge on any atom is -0.492 e. The van der Waals surface area contributed by atoms with Gasteiger partial charge in [-0.05, 0) is 112 Å². The van der Waals surface area contributed by atoms with Crippen molar-refractivity contribution in [2.45, 2.75) is 71.6 Å². The van der Waals surface area contributed by atoms with E-state index in [2.05, 4.69) is 57.0 Å². The predicted molar refractivity (Wildman–Crippen MR) is 175 cm³/mol. The highest BCUT2D eigenvalue weighted by molar-refractivity contribution is 8.18. The third-order valence-corrected chi connectivity index (χ3v) is 10.0. The molecule has 3 heterocycles. The Bertz CT molecular complexity index is 1600. The number of nitrogens with one attached hydrogen (secondary N) is 1. The van der Waals surface area contributed by atoms with Gasteiger partial charge < -0.3 is 14.2 Å². The van der Waals surface area contributed by atoms with Crippen molar-refractivity contribution in [2.75, 3.05) is 19.7 Å². The fourth-order valence-corrected chi connectivity index (χ4v) is 7.27. The van der Waals surface area contributed by atoms with Gasteiger partial charge in [-0.3, -0.25) is 19.8 Å². The van der Waals surface area contributed by atoms with Gasteiger partial charge in [0.25, 0.3) is 11.1 Å². The van der Waals surface area contributed by atoms with E-state index in [0.717, 1.165) is 77.2 Å². The molecular formula is C36H40N2O5S. The number of amides is 2. The molecule has 7 nitrogen and oxygen atoms in total. The van der Waals surface area contributed by atoms with Crippen LogP contribution in [0, 0.1) is 20.8 Å². The quantitative estimate of drug-likeness (QED) is 0.254. The van der Waals surface area contributed by atoms with Crippen LogP contribution in [0.4, 0.5) is 4.79 Å². The van der Waals surface area contributed by atoms with E-state index < -0.39 is 0 Å². The van der Waals surface area contributed by atoms with Gasteiger partial charge in [0.2, 0.25) is 0 Å². The normalized spacial score (nSPS) is 21.8. The highest BCUT2D eigenvalue weighted by atomic mass is 32.2. The molecule has 2 amide bonds. The van der Waals surface area contributed by atoms with Gasteiger partial charge in [-0.1, -0.05) is 42.5 Å². The molecular weight excluding hydrogens is 572 g/mol. The maximum atomic E-state index is 11.9. The Labute approximate surface area is 264 Å². The standard InChI is InChI=1S/C36H40N2O5S/c1-22-23(2)33-31(24(3)32(22)42-20-26-10-7-6-8-11-26)29(36(4,5)43-33)19-38-17-9-12-27(38)21-41-28-15-13-25(14-16-28)18-30-34(39)37-35(40)44-30/h6-8,10-11,13-16,18,27,29H,9,12,17,19-21H2,1-5H3,(H,37,39,40)/t27-,29?/m1/s1. The van der Waals surface area contributed by atoms with Crippen LogP contribution in [0.25, 0.3) is 6.08 Å². The Morgan fingerprint density at radius 1 is 1.00 bits per heavy atom. The Morgan fingerprint density at radius 2 is 1.75 bits per heavy atom. The third kappa shape index (κ3) is 6.10. The molecule has 2 saturated heterocycles. The first-order chi connectivity index (χ1) is 21.1. The molecule has 8 heteroatoms. The van der Waals surface area contributed by atoms with E-state index in [1.54, 1.807) is 6.08 Å². The van der Waals surface area contributed by atoms with Gasteiger partial charge >= 0.3 is 0 Å². The van der Waals surface area contributed by atoms with Crippen LogP contribution in [0.3, 0.4) is 0 Å². The summed E-state index contributed by atoms with van der Waals surface area (Å²) in [5, 5.41) is 1.95. The number of thioether (sulfide) groups is 1. The molecule has 0 spiro atoms. The molecule has 0 aliphatic carbocycles. The largest absolute Gasteiger partial charge is 0.492 e. The van der Waals surface area contributed by atoms with E-state index in [9.17, 15) is 9.59 Å². The number of fused-ring (bicyclic) bond motifs is 1. The van der Waals surface area contributed by atoms with Crippen molar-refractivity contribution in [3.63, 3.8) is 0 Å². The van der Waals surface area contributed by atoms with Gasteiger partial charge in [0.1, 0.15) is 36.1 Å². The minimum absolute atomic E-state index is 0.196. The molecule has 2 atom stereocenters. The summed E-state index contributed by atoms with van der Waals surface area (Å²) in [6, 6.07) is 18.3. The minimum atomic E-state index is -0.350. The monoisotopic (exact) mass is 612 g/mol. The molecule has 1 unspecified atom stereocenters. The molecule has 44 heavy (non-hydrogen) atoms. The van der Waals surface area contributed by atoms with Crippen LogP contribution >= 0.6 is 11.8 Å². The van der Waals surface area contributed by atoms with E-state index in [0.29, 0.717) is 24.2 Å². The molecule has 0 saturated carbocycles. The molecule has 3 aliphatic heterocycles. The van der Waals surface area contributed by atoms with Crippen LogP contribution in [0.2, 0.25) is 0 Å². The molecule has 0 aromatic heterocycles. The molecule has 230 valence electrons. The van der Waals surface area contributed by atoms with Crippen LogP contribution < -0.4 is 19.5 Å². The summed E-state index contributed by atoms with van der Waals surface area (Å²) in [6.45, 7) is 13.9. The number of hydrogen-bond acceptors (Lipinski definition) is 7. The fourth-order valence-electron chi connectivity index (χ4n) is 6.59. The zero-order valence-corrected chi connectivity index (χ0v) is 26.9. The molecule has 0 radical (unpaired) electrons. The second kappa shape index (κ2) is 12.3. The number of ether oxygens (including phenoxy) is 3. The van der Waals surface area contributed by atoms with E-state index in [1.165, 1.54) is 11.1 Å². The van der Waals surface area contributed by atoms with Gasteiger partial charge in [0.05, 0.1) is 4.91 Å². The molecule has 2 fully saturated rings. The van der Waals surface area contributed by atoms with Crippen molar-refractivity contribution in [3.05, 3.63) is 92.9 Å². The zero-order chi connectivity index (χ0) is 31.0. The average molecular weight is 613 g/mol. The molecule has 0 bridgehead atoms. The van der Waals surface area contributed by atoms with Crippen LogP contribution in [0.1, 0.15) is 66.0 Å². The lowest BCUT2D eigenvalue weighted by atomic mass is 9.82. The van der Waals surface area contributed by atoms with Crippen molar-refractivity contribution in [3.8, 4) is 17.2 Å². The highest BCUT2D eigenvalue weighted by Crippen LogP contribution is 2.52. The molecule has 3 aromatic rings. The van der Waals surface area contributed by atoms with Gasteiger partial charge in [-0.15, -0.1) is 0 Å². The van der Waals surface area contributed by atoms with Gasteiger partial charge in [0, 0.05) is 24.1 Å². The molecule has 6 rings (SSSR count). The Balaban J connectivity index is 1.15. The summed E-state index contributed by atoms with van der Waals surface area (Å²) in [4.78, 5) is 26.3. The smallest absolute Gasteiger partial charge is 0.290 e. The van der Waals surface area contributed by atoms with Crippen molar-refractivity contribution < 1.29 is 23.8 Å². The SMILES string of the molecule is Cc1c(C)c2c(c(C)c1OCc1ccccc1)C(CN1CCC[C@@H]1COc1ccc(C=C3SC(=O)NC3=O)cc1)C(C)(C)O2. The topological polar surface area (TPSA) is 77.1 Å². The summed E-state index contributed by atoms with van der Waals surface area (Å²) in [5.74, 6) is 2.62. The molecule has 3 aliphatic rings. The summed E-state index contributed by atoms with van der Waals surface area (Å²) in [5.41, 5.74) is 6.40. The van der Waals surface area contributed by atoms with E-state index in [-0.39, 0.29) is 22.7 Å². The number of nitrogens with zero attached hydrogens (tertiary/aromatic N) is 1. The first kappa shape index (κ1) is 30.3. The van der Waals surface area contributed by atoms with Crippen LogP contribution in [0.15, 0.2) is 59.5 Å². The van der Waals surface area contributed by atoms with Gasteiger partial charge in [-0.2, -0.15) is 0 Å². The number of likely N-dealkylation sites (tertiary alicyclic amines) is 1. The Morgan fingerprint density at radius 3 is 2.45 bits per heavy atom. The second-order valence-electron chi connectivity index (χ2n) is 12.5. The Hall–Kier alpha value is -3.75. The second-order valence-corrected chi connectivity index (χ2v) is 13.5. The lowest BCUT2D eigenvalue weighted by Gasteiger charge is -2.33. The number of benzene rings is 3. The number of imide groups is 1. The molecule has 1 N–H and O–H groups in total. The Kier molecular flexibility index (Phi) is 8.49. The number of hydrogen-bond donors (Lipinski definition) is 1. The first-order valence-corrected chi connectivity index (χ1v) is 16.1. The zero-order valence-electron chi connectivity index (χ0n) is 26.1. The van der Waals surface area contributed by atoms with Gasteiger partial charge in [0.15, 0.2) is 0 Å². The molecule has 3 aromatic carbocycles. The summed E-state index contributed by atoms with van der Waals surface area (Å²) in [6.07, 6.45) is 3.94. The fraction of sp³-hybridized carbons (Fsp3) is 0.389. The van der Waals surface area contributed by atoms with E-state index >= 15 is 0 Å². The first-order valence-electron chi connectivity index (χ1n) is 15.3. The maximum Gasteiger partial charge on any atom is 0.290 e. The van der Waals surface area contributed by atoms with Crippen molar-refractivity contribution in [1.82, 2.24) is 10.2 Å². The number of rotatable bonds is 9. The van der Waals surface area contributed by atoms with Gasteiger partial charge in [-0.25, -0.2) is 0 Å². The van der Waals surface area contributed by atoms with E-state index in [4.69, 9.17) is 14.2 Å². The highest BCUT2D eigenvalue weighted by Gasteiger charge is 2.46. The lowest BCUT2D eigenvalue weighted by molar-refractivity contribution is -0.115. The van der Waals surface area contributed by atoms with Crippen LogP contribution in [0.5, 0.6) is 17.2 Å². The summed E-state index contributed by atoms with van der Waals surface area (Å²) >= 11 is 0.922. The number of carbonyl (C=O) groups excluding carboxylic acids is 2.